The number of hydrogen-bond acceptors (Lipinski definition) is 1. The average Bonchev–Trinajstić information content (AvgIpc) is 2.43. The fraction of sp³-hybridized carbons (Fsp3) is 0.462. The molecule has 0 aromatic heterocycles. The van der Waals surface area contributed by atoms with E-state index in [0.717, 1.165) is 23.2 Å². The molecule has 2 rings (SSSR count). The van der Waals surface area contributed by atoms with E-state index >= 15 is 0 Å². The highest BCUT2D eigenvalue weighted by atomic mass is 16.2. The molecule has 0 radical (unpaired) electrons. The molecule has 1 heterocycles. The van der Waals surface area contributed by atoms with Crippen LogP contribution < -0.4 is 5.32 Å². The van der Waals surface area contributed by atoms with Crippen molar-refractivity contribution >= 4 is 11.6 Å². The van der Waals surface area contributed by atoms with E-state index in [2.05, 4.69) is 31.3 Å². The van der Waals surface area contributed by atoms with Crippen molar-refractivity contribution in [3.8, 4) is 0 Å². The molecule has 1 amide bonds. The van der Waals surface area contributed by atoms with E-state index in [4.69, 9.17) is 0 Å². The zero-order valence-electron chi connectivity index (χ0n) is 9.77. The zero-order chi connectivity index (χ0) is 11.2. The summed E-state index contributed by atoms with van der Waals surface area (Å²) < 4.78 is 0. The first kappa shape index (κ1) is 10.2. The molecule has 80 valence electrons. The lowest BCUT2D eigenvalue weighted by atomic mass is 9.80. The Morgan fingerprint density at radius 1 is 1.33 bits per heavy atom. The molecule has 1 aromatic rings. The topological polar surface area (TPSA) is 29.1 Å². The van der Waals surface area contributed by atoms with Gasteiger partial charge in [0.05, 0.1) is 5.41 Å². The minimum absolute atomic E-state index is 0.133. The highest BCUT2D eigenvalue weighted by Gasteiger charge is 2.41. The van der Waals surface area contributed by atoms with Crippen LogP contribution in [0.3, 0.4) is 0 Å². The molecule has 0 bridgehead atoms. The summed E-state index contributed by atoms with van der Waals surface area (Å²) in [5.41, 5.74) is 4.23. The molecule has 0 fully saturated rings. The summed E-state index contributed by atoms with van der Waals surface area (Å²) in [4.78, 5) is 11.9. The predicted octanol–water partition coefficient (Wildman–Crippen LogP) is 2.92. The third-order valence-electron chi connectivity index (χ3n) is 3.52. The summed E-state index contributed by atoms with van der Waals surface area (Å²) in [5, 5.41) is 3.00. The first-order valence-corrected chi connectivity index (χ1v) is 5.42. The third kappa shape index (κ3) is 1.28. The van der Waals surface area contributed by atoms with Gasteiger partial charge < -0.3 is 5.32 Å². The molecule has 1 aliphatic rings. The summed E-state index contributed by atoms with van der Waals surface area (Å²) in [7, 11) is 0. The van der Waals surface area contributed by atoms with Crippen molar-refractivity contribution in [2.45, 2.75) is 39.5 Å². The molecule has 1 N–H and O–H groups in total. The van der Waals surface area contributed by atoms with Crippen LogP contribution in [0.25, 0.3) is 0 Å². The predicted molar refractivity (Wildman–Crippen MR) is 62.2 cm³/mol. The minimum Gasteiger partial charge on any atom is -0.325 e. The van der Waals surface area contributed by atoms with Crippen LogP contribution in [0.5, 0.6) is 0 Å². The number of carbonyl (C=O) groups excluding carboxylic acids is 1. The van der Waals surface area contributed by atoms with Gasteiger partial charge in [0, 0.05) is 5.69 Å². The Kier molecular flexibility index (Phi) is 2.10. The number of amides is 1. The van der Waals surface area contributed by atoms with Crippen LogP contribution in [0.15, 0.2) is 12.1 Å². The van der Waals surface area contributed by atoms with Gasteiger partial charge in [-0.05, 0) is 38.3 Å². The maximum absolute atomic E-state index is 11.9. The van der Waals surface area contributed by atoms with Crippen LogP contribution in [0.4, 0.5) is 5.69 Å². The molecule has 0 spiro atoms. The van der Waals surface area contributed by atoms with Gasteiger partial charge in [-0.3, -0.25) is 4.79 Å². The molecule has 15 heavy (non-hydrogen) atoms. The Balaban J connectivity index is 2.68. The number of hydrogen-bond donors (Lipinski definition) is 1. The van der Waals surface area contributed by atoms with Gasteiger partial charge in [-0.15, -0.1) is 0 Å². The molecule has 1 atom stereocenters. The summed E-state index contributed by atoms with van der Waals surface area (Å²) in [6.07, 6.45) is 0.842. The molecule has 1 unspecified atom stereocenters. The number of anilines is 1. The average molecular weight is 203 g/mol. The molecule has 1 aromatic carbocycles. The summed E-state index contributed by atoms with van der Waals surface area (Å²) in [5.74, 6) is 0.133. The highest BCUT2D eigenvalue weighted by molar-refractivity contribution is 6.06. The van der Waals surface area contributed by atoms with Gasteiger partial charge in [0.15, 0.2) is 0 Å². The van der Waals surface area contributed by atoms with Crippen LogP contribution in [0.2, 0.25) is 0 Å². The van der Waals surface area contributed by atoms with Crippen molar-refractivity contribution in [1.29, 1.82) is 0 Å². The first-order valence-electron chi connectivity index (χ1n) is 5.42. The van der Waals surface area contributed by atoms with E-state index in [-0.39, 0.29) is 11.3 Å². The van der Waals surface area contributed by atoms with E-state index < -0.39 is 0 Å². The van der Waals surface area contributed by atoms with Gasteiger partial charge in [-0.1, -0.05) is 24.6 Å². The zero-order valence-corrected chi connectivity index (χ0v) is 9.77. The van der Waals surface area contributed by atoms with Gasteiger partial charge in [-0.25, -0.2) is 0 Å². The minimum atomic E-state index is -0.341. The maximum Gasteiger partial charge on any atom is 0.234 e. The second kappa shape index (κ2) is 3.09. The number of nitrogens with one attached hydrogen (secondary N) is 1. The maximum atomic E-state index is 11.9. The van der Waals surface area contributed by atoms with Crippen LogP contribution in [0.1, 0.15) is 37.0 Å². The first-order chi connectivity index (χ1) is 6.99. The van der Waals surface area contributed by atoms with Gasteiger partial charge >= 0.3 is 0 Å². The largest absolute Gasteiger partial charge is 0.325 e. The van der Waals surface area contributed by atoms with E-state index in [9.17, 15) is 4.79 Å². The van der Waals surface area contributed by atoms with Crippen LogP contribution in [-0.2, 0) is 10.2 Å². The standard InChI is InChI=1S/C13H17NO/c1-5-13(4)10-7-8(2)6-9(3)11(10)14-12(13)15/h6-7H,5H2,1-4H3,(H,14,15). The normalized spacial score (nSPS) is 23.9. The monoisotopic (exact) mass is 203 g/mol. The Bertz CT molecular complexity index is 436. The summed E-state index contributed by atoms with van der Waals surface area (Å²) in [6.45, 7) is 8.21. The lowest BCUT2D eigenvalue weighted by Crippen LogP contribution is -2.29. The molecule has 0 saturated carbocycles. The quantitative estimate of drug-likeness (QED) is 0.747. The molecular formula is C13H17NO. The number of aryl methyl sites for hydroxylation is 2. The number of fused-ring (bicyclic) bond motifs is 1. The SMILES string of the molecule is CCC1(C)C(=O)Nc2c(C)cc(C)cc21. The van der Waals surface area contributed by atoms with E-state index in [1.807, 2.05) is 13.8 Å². The van der Waals surface area contributed by atoms with Crippen LogP contribution >= 0.6 is 0 Å². The molecule has 2 nitrogen and oxygen atoms in total. The Morgan fingerprint density at radius 2 is 2.00 bits per heavy atom. The number of carbonyl (C=O) groups is 1. The smallest absolute Gasteiger partial charge is 0.234 e. The number of rotatable bonds is 1. The van der Waals surface area contributed by atoms with Crippen LogP contribution in [0, 0.1) is 13.8 Å². The molecule has 2 heteroatoms. The van der Waals surface area contributed by atoms with E-state index in [0.29, 0.717) is 0 Å². The lowest BCUT2D eigenvalue weighted by molar-refractivity contribution is -0.120. The van der Waals surface area contributed by atoms with E-state index in [1.54, 1.807) is 0 Å². The van der Waals surface area contributed by atoms with Crippen molar-refractivity contribution in [3.05, 3.63) is 28.8 Å². The van der Waals surface area contributed by atoms with Crippen molar-refractivity contribution in [2.24, 2.45) is 0 Å². The summed E-state index contributed by atoms with van der Waals surface area (Å²) >= 11 is 0. The van der Waals surface area contributed by atoms with Crippen molar-refractivity contribution in [1.82, 2.24) is 0 Å². The van der Waals surface area contributed by atoms with Crippen LogP contribution in [-0.4, -0.2) is 5.91 Å². The molecule has 0 saturated heterocycles. The second-order valence-corrected chi connectivity index (χ2v) is 4.64. The summed E-state index contributed by atoms with van der Waals surface area (Å²) in [6, 6.07) is 4.24. The van der Waals surface area contributed by atoms with Gasteiger partial charge in [0.2, 0.25) is 5.91 Å². The fourth-order valence-corrected chi connectivity index (χ4v) is 2.29. The Labute approximate surface area is 90.7 Å². The van der Waals surface area contributed by atoms with Crippen molar-refractivity contribution < 1.29 is 4.79 Å². The highest BCUT2D eigenvalue weighted by Crippen LogP contribution is 2.42. The van der Waals surface area contributed by atoms with Crippen molar-refractivity contribution in [3.63, 3.8) is 0 Å². The van der Waals surface area contributed by atoms with Crippen molar-refractivity contribution in [2.75, 3.05) is 5.32 Å². The fourth-order valence-electron chi connectivity index (χ4n) is 2.29. The second-order valence-electron chi connectivity index (χ2n) is 4.64. The number of benzene rings is 1. The van der Waals surface area contributed by atoms with Gasteiger partial charge in [-0.2, -0.15) is 0 Å². The molecule has 1 aliphatic heterocycles. The molecular weight excluding hydrogens is 186 g/mol. The van der Waals surface area contributed by atoms with E-state index in [1.165, 1.54) is 5.56 Å². The Hall–Kier alpha value is -1.31. The lowest BCUT2D eigenvalue weighted by Gasteiger charge is -2.20. The third-order valence-corrected chi connectivity index (χ3v) is 3.52. The van der Waals surface area contributed by atoms with Gasteiger partial charge in [0.1, 0.15) is 0 Å². The Morgan fingerprint density at radius 3 is 2.60 bits per heavy atom. The van der Waals surface area contributed by atoms with Gasteiger partial charge in [0.25, 0.3) is 0 Å². The molecule has 0 aliphatic carbocycles.